The third-order valence-corrected chi connectivity index (χ3v) is 5.97. The number of H-pyrrole nitrogens is 1. The molecule has 201 valence electrons. The Balaban J connectivity index is 0.00000370. The summed E-state index contributed by atoms with van der Waals surface area (Å²) < 4.78 is 23.0. The number of halogens is 1. The summed E-state index contributed by atoms with van der Waals surface area (Å²) in [5.74, 6) is -0.311. The summed E-state index contributed by atoms with van der Waals surface area (Å²) in [4.78, 5) is 35.2. The zero-order chi connectivity index (χ0) is 27.7. The van der Waals surface area contributed by atoms with Gasteiger partial charge in [-0.2, -0.15) is 5.10 Å². The summed E-state index contributed by atoms with van der Waals surface area (Å²) in [6.07, 6.45) is 6.28. The molecule has 0 bridgehead atoms. The number of hydrogen-bond acceptors (Lipinski definition) is 7. The van der Waals surface area contributed by atoms with Crippen molar-refractivity contribution in [2.75, 3.05) is 0 Å². The molecular formula is C28H24FN6O4Y-. The van der Waals surface area contributed by atoms with E-state index in [4.69, 9.17) is 4.74 Å². The normalized spacial score (nSPS) is 11.3. The summed E-state index contributed by atoms with van der Waals surface area (Å²) in [5, 5.41) is 16.1. The molecule has 10 nitrogen and oxygen atoms in total. The van der Waals surface area contributed by atoms with Gasteiger partial charge in [0, 0.05) is 75.0 Å². The predicted octanol–water partition coefficient (Wildman–Crippen LogP) is 3.52. The van der Waals surface area contributed by atoms with Crippen LogP contribution in [0.1, 0.15) is 37.7 Å². The zero-order valence-corrected chi connectivity index (χ0v) is 24.9. The van der Waals surface area contributed by atoms with E-state index < -0.39 is 11.4 Å². The first-order valence-electron chi connectivity index (χ1n) is 12.1. The van der Waals surface area contributed by atoms with Gasteiger partial charge in [-0.15, -0.1) is 0 Å². The number of rotatable bonds is 7. The maximum absolute atomic E-state index is 15.0. The molecule has 0 fully saturated rings. The van der Waals surface area contributed by atoms with E-state index >= 15 is 0 Å². The molecule has 0 aliphatic carbocycles. The molecule has 4 heterocycles. The Bertz CT molecular complexity index is 1750. The van der Waals surface area contributed by atoms with Crippen molar-refractivity contribution < 1.29 is 51.4 Å². The summed E-state index contributed by atoms with van der Waals surface area (Å²) in [7, 11) is 0. The molecule has 0 unspecified atom stereocenters. The molecule has 12 heteroatoms. The van der Waals surface area contributed by atoms with Crippen molar-refractivity contribution in [2.45, 2.75) is 39.0 Å². The Hall–Kier alpha value is -3.83. The number of nitrogens with one attached hydrogen (secondary N) is 1. The molecule has 0 spiro atoms. The van der Waals surface area contributed by atoms with E-state index in [1.165, 1.54) is 30.6 Å². The van der Waals surface area contributed by atoms with E-state index in [9.17, 15) is 19.2 Å². The summed E-state index contributed by atoms with van der Waals surface area (Å²) in [6.45, 7) is 6.03. The van der Waals surface area contributed by atoms with Crippen molar-refractivity contribution in [3.63, 3.8) is 0 Å². The Morgan fingerprint density at radius 3 is 2.67 bits per heavy atom. The maximum atomic E-state index is 15.0. The van der Waals surface area contributed by atoms with Gasteiger partial charge in [-0.25, -0.2) is 14.4 Å². The molecule has 4 aromatic heterocycles. The number of aromatic nitrogens is 6. The van der Waals surface area contributed by atoms with Crippen LogP contribution in [0.4, 0.5) is 4.39 Å². The fourth-order valence-corrected chi connectivity index (χ4v) is 3.98. The van der Waals surface area contributed by atoms with Gasteiger partial charge in [0.25, 0.3) is 5.56 Å². The standard InChI is InChI=1S/C28H24FN6O4.Y/c1-28(2,3)24-14-19(35(33-24)18-7-10-34(38)11-8-18)13-20(36)12-17-4-5-21(15-22(17)29)39-23-6-9-30-27-26(23)31-16-25(37)32-27;/h4-10,14-16H,12-13H2,1-3H3,(H,30,32,37);/q-1;. The van der Waals surface area contributed by atoms with Gasteiger partial charge in [-0.05, 0) is 23.4 Å². The van der Waals surface area contributed by atoms with E-state index in [1.807, 2.05) is 26.8 Å². The molecule has 5 rings (SSSR count). The van der Waals surface area contributed by atoms with Crippen LogP contribution in [-0.2, 0) is 55.8 Å². The number of benzene rings is 1. The molecule has 0 aliphatic rings. The number of aromatic amines is 1. The second-order valence-corrected chi connectivity index (χ2v) is 10.0. The van der Waals surface area contributed by atoms with E-state index in [2.05, 4.69) is 26.2 Å². The smallest absolute Gasteiger partial charge is 0.268 e. The Morgan fingerprint density at radius 1 is 1.18 bits per heavy atom. The monoisotopic (exact) mass is 616 g/mol. The first-order chi connectivity index (χ1) is 18.6. The number of Topliss-reactive ketones (excluding diaryl/α,β-unsaturated/α-hetero) is 1. The van der Waals surface area contributed by atoms with Gasteiger partial charge in [0.2, 0.25) is 0 Å². The van der Waals surface area contributed by atoms with Crippen LogP contribution in [0, 0.1) is 17.2 Å². The van der Waals surface area contributed by atoms with Gasteiger partial charge in [0.1, 0.15) is 29.1 Å². The van der Waals surface area contributed by atoms with Crippen LogP contribution in [0.5, 0.6) is 11.5 Å². The quantitative estimate of drug-likeness (QED) is 0.168. The molecule has 1 aromatic carbocycles. The first-order valence-corrected chi connectivity index (χ1v) is 12.1. The molecule has 1 radical (unpaired) electrons. The topological polar surface area (TPSA) is 130 Å². The van der Waals surface area contributed by atoms with Crippen LogP contribution in [0.15, 0.2) is 65.8 Å². The van der Waals surface area contributed by atoms with Crippen molar-refractivity contribution in [3.05, 3.63) is 106 Å². The number of carbonyl (C=O) groups is 1. The summed E-state index contributed by atoms with van der Waals surface area (Å²) in [6, 6.07) is 10.7. The number of fused-ring (bicyclic) bond motifs is 1. The van der Waals surface area contributed by atoms with Gasteiger partial charge in [-0.3, -0.25) is 19.0 Å². The van der Waals surface area contributed by atoms with E-state index in [-0.39, 0.29) is 73.7 Å². The van der Waals surface area contributed by atoms with Crippen molar-refractivity contribution in [2.24, 2.45) is 0 Å². The molecule has 0 atom stereocenters. The molecule has 0 saturated heterocycles. The molecule has 0 saturated carbocycles. The minimum Gasteiger partial charge on any atom is -0.641 e. The Kier molecular flexibility index (Phi) is 8.55. The third kappa shape index (κ3) is 6.48. The van der Waals surface area contributed by atoms with E-state index in [0.29, 0.717) is 27.4 Å². The largest absolute Gasteiger partial charge is 0.641 e. The molecule has 40 heavy (non-hydrogen) atoms. The van der Waals surface area contributed by atoms with Crippen LogP contribution in [0.3, 0.4) is 0 Å². The summed E-state index contributed by atoms with van der Waals surface area (Å²) >= 11 is 0. The van der Waals surface area contributed by atoms with Crippen molar-refractivity contribution in [3.8, 4) is 17.2 Å². The molecule has 5 aromatic rings. The SMILES string of the molecule is CC(C)(C)c1cc(CC(=O)Cc2ccc(Oc3ccnc4[nH]c(=O)cnc34)cc2F)n(-c2c[c-][n+]([O-])cc2)n1.[Y]. The van der Waals surface area contributed by atoms with Crippen molar-refractivity contribution >= 4 is 16.9 Å². The second-order valence-electron chi connectivity index (χ2n) is 10.0. The fourth-order valence-electron chi connectivity index (χ4n) is 3.98. The number of nitrogens with zero attached hydrogens (tertiary/aromatic N) is 5. The molecule has 0 aliphatic heterocycles. The average Bonchev–Trinajstić information content (AvgIpc) is 3.30. The van der Waals surface area contributed by atoms with Gasteiger partial charge in [0.05, 0.1) is 18.1 Å². The zero-order valence-electron chi connectivity index (χ0n) is 22.0. The van der Waals surface area contributed by atoms with Gasteiger partial charge < -0.3 is 14.9 Å². The minimum atomic E-state index is -0.595. The van der Waals surface area contributed by atoms with Crippen molar-refractivity contribution in [1.82, 2.24) is 24.7 Å². The maximum Gasteiger partial charge on any atom is 0.268 e. The number of carbonyl (C=O) groups excluding carboxylic acids is 1. The third-order valence-electron chi connectivity index (χ3n) is 5.97. The van der Waals surface area contributed by atoms with Crippen LogP contribution in [0.2, 0.25) is 0 Å². The average molecular weight is 616 g/mol. The molecule has 0 amide bonds. The number of hydrogen-bond donors (Lipinski definition) is 1. The molecule has 1 N–H and O–H groups in total. The first kappa shape index (κ1) is 29.2. The van der Waals surface area contributed by atoms with Crippen molar-refractivity contribution in [1.29, 1.82) is 0 Å². The fraction of sp³-hybridized carbons (Fsp3) is 0.214. The number of pyridine rings is 2. The van der Waals surface area contributed by atoms with E-state index in [0.717, 1.165) is 11.9 Å². The van der Waals surface area contributed by atoms with Crippen LogP contribution in [0.25, 0.3) is 16.9 Å². The summed E-state index contributed by atoms with van der Waals surface area (Å²) in [5.41, 5.74) is 2.11. The van der Waals surface area contributed by atoms with Crippen LogP contribution in [-0.4, -0.2) is 30.5 Å². The van der Waals surface area contributed by atoms with Crippen LogP contribution >= 0.6 is 0 Å². The van der Waals surface area contributed by atoms with Gasteiger partial charge in [0.15, 0.2) is 11.4 Å². The number of ketones is 1. The minimum absolute atomic E-state index is 0. The second kappa shape index (κ2) is 11.7. The van der Waals surface area contributed by atoms with Crippen LogP contribution < -0.4 is 15.0 Å². The van der Waals surface area contributed by atoms with E-state index in [1.54, 1.807) is 22.9 Å². The Labute approximate surface area is 253 Å². The Morgan fingerprint density at radius 2 is 1.98 bits per heavy atom. The molecular weight excluding hydrogens is 592 g/mol. The van der Waals surface area contributed by atoms with Gasteiger partial charge >= 0.3 is 0 Å². The number of ether oxygens (including phenoxy) is 1. The van der Waals surface area contributed by atoms with Gasteiger partial charge in [-0.1, -0.05) is 39.0 Å². The predicted molar refractivity (Wildman–Crippen MR) is 139 cm³/mol.